The molecule has 1 fully saturated rings. The van der Waals surface area contributed by atoms with E-state index in [0.29, 0.717) is 45.0 Å². The van der Waals surface area contributed by atoms with Gasteiger partial charge in [0, 0.05) is 22.2 Å². The number of benzene rings is 3. The van der Waals surface area contributed by atoms with Crippen LogP contribution in [-0.4, -0.2) is 41.4 Å². The molecule has 0 aliphatic carbocycles. The standard InChI is InChI=1S/C29H26BrN3O8/c1-3-12-40-25-10-6-19(13-26(25)39-2)16-32-28(35)23(27(34)31-29(32)36)15-20-14-21(30)7-11-24(20)41-17-18-4-8-22(9-5-18)33(37)38/h4-11,13-15H,3,12,16-17H2,1-2H3,(H,31,34,36)/b23-15+. The van der Waals surface area contributed by atoms with Crippen LogP contribution < -0.4 is 19.5 Å². The third kappa shape index (κ3) is 7.09. The molecule has 0 radical (unpaired) electrons. The molecule has 0 saturated carbocycles. The molecule has 0 atom stereocenters. The Morgan fingerprint density at radius 1 is 0.951 bits per heavy atom. The number of hydrogen-bond donors (Lipinski definition) is 1. The van der Waals surface area contributed by atoms with Gasteiger partial charge in [0.05, 0.1) is 25.2 Å². The van der Waals surface area contributed by atoms with Crippen LogP contribution in [0.5, 0.6) is 17.2 Å². The fourth-order valence-corrected chi connectivity index (χ4v) is 4.33. The predicted octanol–water partition coefficient (Wildman–Crippen LogP) is 5.40. The van der Waals surface area contributed by atoms with Crippen LogP contribution >= 0.6 is 15.9 Å². The molecule has 1 N–H and O–H groups in total. The number of nitrogens with one attached hydrogen (secondary N) is 1. The van der Waals surface area contributed by atoms with Crippen LogP contribution in [0.2, 0.25) is 0 Å². The number of imide groups is 2. The Morgan fingerprint density at radius 2 is 1.66 bits per heavy atom. The number of hydrogen-bond acceptors (Lipinski definition) is 8. The summed E-state index contributed by atoms with van der Waals surface area (Å²) >= 11 is 3.39. The summed E-state index contributed by atoms with van der Waals surface area (Å²) in [4.78, 5) is 50.1. The van der Waals surface area contributed by atoms with E-state index in [-0.39, 0.29) is 24.4 Å². The highest BCUT2D eigenvalue weighted by Crippen LogP contribution is 2.30. The molecule has 3 aromatic rings. The van der Waals surface area contributed by atoms with Crippen molar-refractivity contribution < 1.29 is 33.5 Å². The van der Waals surface area contributed by atoms with E-state index in [1.807, 2.05) is 6.92 Å². The van der Waals surface area contributed by atoms with Crippen LogP contribution in [0.4, 0.5) is 10.5 Å². The molecule has 4 amide bonds. The minimum Gasteiger partial charge on any atom is -0.493 e. The van der Waals surface area contributed by atoms with Gasteiger partial charge in [-0.1, -0.05) is 28.9 Å². The molecule has 0 spiro atoms. The van der Waals surface area contributed by atoms with E-state index in [9.17, 15) is 24.5 Å². The molecule has 12 heteroatoms. The first-order valence-corrected chi connectivity index (χ1v) is 13.3. The zero-order chi connectivity index (χ0) is 29.5. The van der Waals surface area contributed by atoms with Gasteiger partial charge in [-0.15, -0.1) is 0 Å². The fraction of sp³-hybridized carbons (Fsp3) is 0.207. The van der Waals surface area contributed by atoms with Crippen LogP contribution in [0.1, 0.15) is 30.0 Å². The van der Waals surface area contributed by atoms with E-state index in [2.05, 4.69) is 21.2 Å². The van der Waals surface area contributed by atoms with Gasteiger partial charge in [-0.3, -0.25) is 29.9 Å². The van der Waals surface area contributed by atoms with Crippen molar-refractivity contribution >= 4 is 45.5 Å². The highest BCUT2D eigenvalue weighted by Gasteiger charge is 2.36. The number of nitrogens with zero attached hydrogens (tertiary/aromatic N) is 2. The molecule has 11 nitrogen and oxygen atoms in total. The Bertz CT molecular complexity index is 1520. The predicted molar refractivity (Wildman–Crippen MR) is 152 cm³/mol. The van der Waals surface area contributed by atoms with Gasteiger partial charge < -0.3 is 14.2 Å². The first-order chi connectivity index (χ1) is 19.7. The molecule has 41 heavy (non-hydrogen) atoms. The van der Waals surface area contributed by atoms with E-state index in [1.165, 1.54) is 25.3 Å². The lowest BCUT2D eigenvalue weighted by Crippen LogP contribution is -2.53. The second-order valence-corrected chi connectivity index (χ2v) is 9.85. The number of non-ortho nitro benzene ring substituents is 1. The lowest BCUT2D eigenvalue weighted by molar-refractivity contribution is -0.384. The molecule has 1 saturated heterocycles. The molecule has 212 valence electrons. The highest BCUT2D eigenvalue weighted by atomic mass is 79.9. The second kappa shape index (κ2) is 13.1. The van der Waals surface area contributed by atoms with Crippen molar-refractivity contribution in [2.45, 2.75) is 26.5 Å². The van der Waals surface area contributed by atoms with Crippen molar-refractivity contribution in [1.29, 1.82) is 0 Å². The smallest absolute Gasteiger partial charge is 0.331 e. The lowest BCUT2D eigenvalue weighted by Gasteiger charge is -2.26. The molecule has 0 unspecified atom stereocenters. The molecule has 0 aromatic heterocycles. The molecule has 4 rings (SSSR count). The number of nitro benzene ring substituents is 1. The number of amides is 4. The van der Waals surface area contributed by atoms with Crippen molar-refractivity contribution in [3.63, 3.8) is 0 Å². The van der Waals surface area contributed by atoms with Crippen LogP contribution in [0, 0.1) is 10.1 Å². The first kappa shape index (κ1) is 29.3. The van der Waals surface area contributed by atoms with Gasteiger partial charge in [0.15, 0.2) is 11.5 Å². The number of ether oxygens (including phenoxy) is 3. The van der Waals surface area contributed by atoms with Crippen molar-refractivity contribution in [3.05, 3.63) is 97.5 Å². The maximum absolute atomic E-state index is 13.4. The Morgan fingerprint density at radius 3 is 2.34 bits per heavy atom. The maximum Gasteiger partial charge on any atom is 0.331 e. The van der Waals surface area contributed by atoms with Gasteiger partial charge in [0.2, 0.25) is 0 Å². The monoisotopic (exact) mass is 623 g/mol. The average molecular weight is 624 g/mol. The number of carbonyl (C=O) groups is 3. The van der Waals surface area contributed by atoms with Crippen molar-refractivity contribution in [3.8, 4) is 17.2 Å². The van der Waals surface area contributed by atoms with Crippen LogP contribution in [0.25, 0.3) is 6.08 Å². The van der Waals surface area contributed by atoms with E-state index in [4.69, 9.17) is 14.2 Å². The van der Waals surface area contributed by atoms with Crippen molar-refractivity contribution in [2.75, 3.05) is 13.7 Å². The third-order valence-corrected chi connectivity index (χ3v) is 6.52. The normalized spacial score (nSPS) is 14.2. The van der Waals surface area contributed by atoms with E-state index < -0.39 is 22.8 Å². The SMILES string of the molecule is CCCOc1ccc(CN2C(=O)NC(=O)/C(=C\c3cc(Br)ccc3OCc3ccc([N+](=O)[O-])cc3)C2=O)cc1OC. The number of rotatable bonds is 11. The number of methoxy groups -OCH3 is 1. The number of barbiturate groups is 1. The Kier molecular flexibility index (Phi) is 9.35. The van der Waals surface area contributed by atoms with Gasteiger partial charge in [0.25, 0.3) is 17.5 Å². The minimum atomic E-state index is -0.841. The summed E-state index contributed by atoms with van der Waals surface area (Å²) in [7, 11) is 1.50. The van der Waals surface area contributed by atoms with E-state index in [1.54, 1.807) is 48.5 Å². The zero-order valence-corrected chi connectivity index (χ0v) is 23.8. The summed E-state index contributed by atoms with van der Waals surface area (Å²) in [6.07, 6.45) is 2.17. The van der Waals surface area contributed by atoms with E-state index >= 15 is 0 Å². The minimum absolute atomic E-state index is 0.0389. The van der Waals surface area contributed by atoms with Gasteiger partial charge in [0.1, 0.15) is 17.9 Å². The third-order valence-electron chi connectivity index (χ3n) is 6.03. The molecule has 3 aromatic carbocycles. The summed E-state index contributed by atoms with van der Waals surface area (Å²) in [6.45, 7) is 2.46. The highest BCUT2D eigenvalue weighted by molar-refractivity contribution is 9.10. The van der Waals surface area contributed by atoms with Gasteiger partial charge >= 0.3 is 6.03 Å². The molecule has 0 bridgehead atoms. The van der Waals surface area contributed by atoms with Gasteiger partial charge in [-0.2, -0.15) is 0 Å². The fourth-order valence-electron chi connectivity index (χ4n) is 3.96. The quantitative estimate of drug-likeness (QED) is 0.130. The van der Waals surface area contributed by atoms with Gasteiger partial charge in [-0.25, -0.2) is 4.79 Å². The van der Waals surface area contributed by atoms with Crippen LogP contribution in [0.3, 0.4) is 0 Å². The Balaban J connectivity index is 1.57. The number of urea groups is 1. The summed E-state index contributed by atoms with van der Waals surface area (Å²) in [6, 6.07) is 15.2. The Labute approximate surface area is 244 Å². The number of halogens is 1. The molecule has 1 aliphatic heterocycles. The van der Waals surface area contributed by atoms with Crippen molar-refractivity contribution in [1.82, 2.24) is 10.2 Å². The van der Waals surface area contributed by atoms with E-state index in [0.717, 1.165) is 11.3 Å². The second-order valence-electron chi connectivity index (χ2n) is 8.94. The largest absolute Gasteiger partial charge is 0.493 e. The van der Waals surface area contributed by atoms with Gasteiger partial charge in [-0.05, 0) is 66.1 Å². The zero-order valence-electron chi connectivity index (χ0n) is 22.2. The molecule has 1 heterocycles. The average Bonchev–Trinajstić information content (AvgIpc) is 2.96. The number of nitro groups is 1. The maximum atomic E-state index is 13.4. The van der Waals surface area contributed by atoms with Crippen molar-refractivity contribution in [2.24, 2.45) is 0 Å². The topological polar surface area (TPSA) is 137 Å². The van der Waals surface area contributed by atoms with Crippen LogP contribution in [0.15, 0.2) is 70.7 Å². The summed E-state index contributed by atoms with van der Waals surface area (Å²) in [5.74, 6) is -0.255. The van der Waals surface area contributed by atoms with Crippen LogP contribution in [-0.2, 0) is 22.7 Å². The number of carbonyl (C=O) groups excluding carboxylic acids is 3. The molecular formula is C29H26BrN3O8. The summed E-state index contributed by atoms with van der Waals surface area (Å²) in [5.41, 5.74) is 1.40. The summed E-state index contributed by atoms with van der Waals surface area (Å²) in [5, 5.41) is 13.1. The summed E-state index contributed by atoms with van der Waals surface area (Å²) < 4.78 is 17.6. The Hall–Kier alpha value is -4.71. The molecule has 1 aliphatic rings. The lowest BCUT2D eigenvalue weighted by atomic mass is 10.1. The molecular weight excluding hydrogens is 598 g/mol. The first-order valence-electron chi connectivity index (χ1n) is 12.5.